The van der Waals surface area contributed by atoms with Gasteiger partial charge >= 0.3 is 0 Å². The quantitative estimate of drug-likeness (QED) is 0.760. The number of carbonyl (C=O) groups is 1. The zero-order valence-corrected chi connectivity index (χ0v) is 14.9. The number of anilines is 3. The van der Waals surface area contributed by atoms with Gasteiger partial charge in [-0.05, 0) is 47.0 Å². The SMILES string of the molecule is CCCN(CCC)c1ccc(Br)c(NC(=O)c2coc(N)n2)c1. The summed E-state index contributed by atoms with van der Waals surface area (Å²) < 4.78 is 5.67. The van der Waals surface area contributed by atoms with Gasteiger partial charge in [-0.15, -0.1) is 0 Å². The van der Waals surface area contributed by atoms with Crippen LogP contribution in [-0.2, 0) is 0 Å². The molecule has 1 aromatic carbocycles. The molecule has 2 aromatic rings. The minimum absolute atomic E-state index is 0.0277. The molecule has 1 aromatic heterocycles. The van der Waals surface area contributed by atoms with E-state index in [1.165, 1.54) is 6.26 Å². The van der Waals surface area contributed by atoms with E-state index < -0.39 is 0 Å². The lowest BCUT2D eigenvalue weighted by Gasteiger charge is -2.24. The molecule has 0 spiro atoms. The van der Waals surface area contributed by atoms with Crippen molar-refractivity contribution in [3.63, 3.8) is 0 Å². The van der Waals surface area contributed by atoms with Crippen LogP contribution < -0.4 is 16.0 Å². The zero-order valence-electron chi connectivity index (χ0n) is 13.3. The molecule has 0 saturated heterocycles. The van der Waals surface area contributed by atoms with Gasteiger partial charge in [-0.1, -0.05) is 13.8 Å². The molecule has 0 fully saturated rings. The maximum absolute atomic E-state index is 12.2. The number of benzene rings is 1. The standard InChI is InChI=1S/C16H21BrN4O2/c1-3-7-21(8-4-2)11-5-6-12(17)13(9-11)19-15(22)14-10-23-16(18)20-14/h5-6,9-10H,3-4,7-8H2,1-2H3,(H2,18,20)(H,19,22). The molecule has 6 nitrogen and oxygen atoms in total. The average molecular weight is 381 g/mol. The Kier molecular flexibility index (Phi) is 6.04. The number of rotatable bonds is 7. The van der Waals surface area contributed by atoms with Gasteiger partial charge in [0.05, 0.1) is 5.69 Å². The summed E-state index contributed by atoms with van der Waals surface area (Å²) in [4.78, 5) is 18.3. The van der Waals surface area contributed by atoms with E-state index in [1.54, 1.807) is 0 Å². The van der Waals surface area contributed by atoms with Crippen molar-refractivity contribution in [2.75, 3.05) is 29.0 Å². The Labute approximate surface area is 144 Å². The highest BCUT2D eigenvalue weighted by atomic mass is 79.9. The van der Waals surface area contributed by atoms with Crippen molar-refractivity contribution in [3.8, 4) is 0 Å². The van der Waals surface area contributed by atoms with Crippen LogP contribution in [0.5, 0.6) is 0 Å². The number of halogens is 1. The van der Waals surface area contributed by atoms with Crippen LogP contribution in [0.2, 0.25) is 0 Å². The van der Waals surface area contributed by atoms with Crippen LogP contribution in [-0.4, -0.2) is 24.0 Å². The Hall–Kier alpha value is -2.02. The Morgan fingerprint density at radius 1 is 1.35 bits per heavy atom. The van der Waals surface area contributed by atoms with E-state index in [0.717, 1.165) is 36.1 Å². The molecule has 0 radical (unpaired) electrons. The number of nitrogens with zero attached hydrogens (tertiary/aromatic N) is 2. The normalized spacial score (nSPS) is 10.6. The van der Waals surface area contributed by atoms with E-state index in [1.807, 2.05) is 18.2 Å². The van der Waals surface area contributed by atoms with Gasteiger partial charge in [0.25, 0.3) is 11.9 Å². The van der Waals surface area contributed by atoms with Gasteiger partial charge in [-0.3, -0.25) is 4.79 Å². The molecule has 0 aliphatic heterocycles. The molecule has 1 heterocycles. The van der Waals surface area contributed by atoms with E-state index in [0.29, 0.717) is 5.69 Å². The lowest BCUT2D eigenvalue weighted by Crippen LogP contribution is -2.25. The summed E-state index contributed by atoms with van der Waals surface area (Å²) in [6.45, 7) is 6.25. The number of hydrogen-bond donors (Lipinski definition) is 2. The van der Waals surface area contributed by atoms with Crippen molar-refractivity contribution in [2.45, 2.75) is 26.7 Å². The first kappa shape index (κ1) is 17.3. The van der Waals surface area contributed by atoms with Crippen LogP contribution in [0.4, 0.5) is 17.4 Å². The molecule has 124 valence electrons. The second kappa shape index (κ2) is 8.01. The molecule has 0 saturated carbocycles. The van der Waals surface area contributed by atoms with Crippen LogP contribution in [0.1, 0.15) is 37.2 Å². The maximum atomic E-state index is 12.2. The number of nitrogens with two attached hydrogens (primary N) is 1. The number of carbonyl (C=O) groups excluding carboxylic acids is 1. The summed E-state index contributed by atoms with van der Waals surface area (Å²) in [5.41, 5.74) is 7.31. The van der Waals surface area contributed by atoms with Crippen molar-refractivity contribution in [3.05, 3.63) is 34.6 Å². The van der Waals surface area contributed by atoms with Gasteiger partial charge in [-0.2, -0.15) is 4.98 Å². The lowest BCUT2D eigenvalue weighted by atomic mass is 10.2. The molecule has 0 aliphatic carbocycles. The van der Waals surface area contributed by atoms with Crippen LogP contribution in [0.3, 0.4) is 0 Å². The summed E-state index contributed by atoms with van der Waals surface area (Å²) >= 11 is 3.46. The number of nitrogens with one attached hydrogen (secondary N) is 1. The number of oxazole rings is 1. The maximum Gasteiger partial charge on any atom is 0.292 e. The second-order valence-electron chi connectivity index (χ2n) is 5.18. The third-order valence-corrected chi connectivity index (χ3v) is 4.00. The van der Waals surface area contributed by atoms with Crippen molar-refractivity contribution in [2.24, 2.45) is 0 Å². The summed E-state index contributed by atoms with van der Waals surface area (Å²) in [6, 6.07) is 5.90. The lowest BCUT2D eigenvalue weighted by molar-refractivity contribution is 0.102. The molecule has 0 bridgehead atoms. The molecular weight excluding hydrogens is 360 g/mol. The van der Waals surface area contributed by atoms with E-state index in [2.05, 4.69) is 45.0 Å². The smallest absolute Gasteiger partial charge is 0.292 e. The molecular formula is C16H21BrN4O2. The highest BCUT2D eigenvalue weighted by Gasteiger charge is 2.14. The van der Waals surface area contributed by atoms with Crippen molar-refractivity contribution < 1.29 is 9.21 Å². The number of aromatic nitrogens is 1. The second-order valence-corrected chi connectivity index (χ2v) is 6.03. The Balaban J connectivity index is 2.21. The minimum Gasteiger partial charge on any atom is -0.431 e. The average Bonchev–Trinajstić information content (AvgIpc) is 2.96. The molecule has 7 heteroatoms. The van der Waals surface area contributed by atoms with E-state index in [4.69, 9.17) is 10.2 Å². The Morgan fingerprint density at radius 3 is 2.61 bits per heavy atom. The van der Waals surface area contributed by atoms with Gasteiger partial charge in [0.15, 0.2) is 5.69 Å². The first-order valence-electron chi connectivity index (χ1n) is 7.62. The highest BCUT2D eigenvalue weighted by Crippen LogP contribution is 2.28. The fraction of sp³-hybridized carbons (Fsp3) is 0.375. The molecule has 3 N–H and O–H groups in total. The minimum atomic E-state index is -0.360. The molecule has 0 unspecified atom stereocenters. The number of nitrogen functional groups attached to an aromatic ring is 1. The largest absolute Gasteiger partial charge is 0.431 e. The summed E-state index contributed by atoms with van der Waals surface area (Å²) in [5.74, 6) is -0.360. The molecule has 23 heavy (non-hydrogen) atoms. The predicted octanol–water partition coefficient (Wildman–Crippen LogP) is 3.90. The van der Waals surface area contributed by atoms with Crippen LogP contribution in [0.25, 0.3) is 0 Å². The predicted molar refractivity (Wildman–Crippen MR) is 95.8 cm³/mol. The van der Waals surface area contributed by atoms with Crippen LogP contribution in [0.15, 0.2) is 33.4 Å². The van der Waals surface area contributed by atoms with E-state index >= 15 is 0 Å². The van der Waals surface area contributed by atoms with Crippen molar-refractivity contribution in [1.29, 1.82) is 0 Å². The van der Waals surface area contributed by atoms with E-state index in [-0.39, 0.29) is 17.6 Å². The monoisotopic (exact) mass is 380 g/mol. The van der Waals surface area contributed by atoms with E-state index in [9.17, 15) is 4.79 Å². The van der Waals surface area contributed by atoms with Gasteiger partial charge in [0.1, 0.15) is 6.26 Å². The molecule has 0 aliphatic rings. The topological polar surface area (TPSA) is 84.4 Å². The molecule has 1 amide bonds. The molecule has 0 atom stereocenters. The Morgan fingerprint density at radius 2 is 2.04 bits per heavy atom. The van der Waals surface area contributed by atoms with Crippen LogP contribution >= 0.6 is 15.9 Å². The fourth-order valence-electron chi connectivity index (χ4n) is 2.29. The van der Waals surface area contributed by atoms with Gasteiger partial charge < -0.3 is 20.4 Å². The van der Waals surface area contributed by atoms with Crippen LogP contribution in [0, 0.1) is 0 Å². The van der Waals surface area contributed by atoms with Gasteiger partial charge in [0, 0.05) is 23.2 Å². The van der Waals surface area contributed by atoms with Gasteiger partial charge in [-0.25, -0.2) is 0 Å². The van der Waals surface area contributed by atoms with Crippen molar-refractivity contribution >= 4 is 39.2 Å². The third-order valence-electron chi connectivity index (χ3n) is 3.30. The number of amides is 1. The summed E-state index contributed by atoms with van der Waals surface area (Å²) in [5, 5.41) is 2.83. The zero-order chi connectivity index (χ0) is 16.8. The molecule has 2 rings (SSSR count). The van der Waals surface area contributed by atoms with Gasteiger partial charge in [0.2, 0.25) is 0 Å². The first-order valence-corrected chi connectivity index (χ1v) is 8.41. The van der Waals surface area contributed by atoms with Crippen molar-refractivity contribution in [1.82, 2.24) is 4.98 Å². The fourth-order valence-corrected chi connectivity index (χ4v) is 2.64. The first-order chi connectivity index (χ1) is 11.0. The Bertz CT molecular complexity index is 666. The number of hydrogen-bond acceptors (Lipinski definition) is 5. The summed E-state index contributed by atoms with van der Waals surface area (Å²) in [7, 11) is 0. The summed E-state index contributed by atoms with van der Waals surface area (Å²) in [6.07, 6.45) is 3.37. The third kappa shape index (κ3) is 4.48. The highest BCUT2D eigenvalue weighted by molar-refractivity contribution is 9.10.